The summed E-state index contributed by atoms with van der Waals surface area (Å²) in [6, 6.07) is 25.1. The number of ether oxygens (including phenoxy) is 1. The standard InChI is InChI=1S/C28H26N4O4S/c1-37(33,34)14-13-29-17-20-15-27(35-18-20)21-7-12-26-25(16-21)28(31-19-30-26)32-22-8-10-24(11-9-22)36-23-5-3-2-4-6-23/h2-12,15-16,18-19,29H,13-14,17H2,1H3,(H,30,31,32). The molecule has 2 heterocycles. The average molecular weight is 515 g/mol. The Bertz CT molecular complexity index is 1600. The number of nitrogens with zero attached hydrogens (tertiary/aromatic N) is 2. The lowest BCUT2D eigenvalue weighted by Gasteiger charge is -2.10. The summed E-state index contributed by atoms with van der Waals surface area (Å²) in [6.07, 6.45) is 4.43. The van der Waals surface area contributed by atoms with Crippen molar-refractivity contribution in [1.29, 1.82) is 0 Å². The highest BCUT2D eigenvalue weighted by Gasteiger charge is 2.10. The minimum atomic E-state index is -2.99. The first-order valence-electron chi connectivity index (χ1n) is 11.7. The zero-order chi connectivity index (χ0) is 25.7. The molecule has 188 valence electrons. The van der Waals surface area contributed by atoms with Crippen molar-refractivity contribution in [1.82, 2.24) is 15.3 Å². The second-order valence-electron chi connectivity index (χ2n) is 8.64. The first-order valence-corrected chi connectivity index (χ1v) is 13.8. The molecule has 37 heavy (non-hydrogen) atoms. The van der Waals surface area contributed by atoms with Crippen LogP contribution in [0, 0.1) is 0 Å². The van der Waals surface area contributed by atoms with Crippen LogP contribution in [0.5, 0.6) is 11.5 Å². The summed E-state index contributed by atoms with van der Waals surface area (Å²) < 4.78 is 34.2. The van der Waals surface area contributed by atoms with E-state index < -0.39 is 9.84 Å². The van der Waals surface area contributed by atoms with Gasteiger partial charge in [-0.25, -0.2) is 18.4 Å². The van der Waals surface area contributed by atoms with Crippen LogP contribution in [-0.2, 0) is 16.4 Å². The molecule has 0 saturated carbocycles. The highest BCUT2D eigenvalue weighted by Crippen LogP contribution is 2.30. The molecule has 5 aromatic rings. The van der Waals surface area contributed by atoms with Crippen molar-refractivity contribution in [3.05, 3.63) is 97.0 Å². The number of sulfone groups is 1. The molecule has 8 nitrogen and oxygen atoms in total. The molecule has 0 aliphatic heterocycles. The van der Waals surface area contributed by atoms with Crippen LogP contribution in [0.25, 0.3) is 22.2 Å². The Morgan fingerprint density at radius 2 is 1.70 bits per heavy atom. The molecule has 2 N–H and O–H groups in total. The van der Waals surface area contributed by atoms with Crippen molar-refractivity contribution in [3.8, 4) is 22.8 Å². The van der Waals surface area contributed by atoms with Crippen LogP contribution in [0.15, 0.2) is 95.9 Å². The van der Waals surface area contributed by atoms with Gasteiger partial charge in [-0.15, -0.1) is 0 Å². The van der Waals surface area contributed by atoms with Crippen LogP contribution in [0.4, 0.5) is 11.5 Å². The maximum Gasteiger partial charge on any atom is 0.148 e. The van der Waals surface area contributed by atoms with Crippen molar-refractivity contribution in [3.63, 3.8) is 0 Å². The molecule has 0 spiro atoms. The molecular weight excluding hydrogens is 488 g/mol. The molecule has 0 saturated heterocycles. The van der Waals surface area contributed by atoms with E-state index in [1.165, 1.54) is 12.6 Å². The lowest BCUT2D eigenvalue weighted by molar-refractivity contribution is 0.483. The molecule has 0 aliphatic carbocycles. The number of furan rings is 1. The second kappa shape index (κ2) is 10.8. The smallest absolute Gasteiger partial charge is 0.148 e. The van der Waals surface area contributed by atoms with Crippen LogP contribution in [0.1, 0.15) is 5.56 Å². The molecule has 0 fully saturated rings. The molecule has 2 aromatic heterocycles. The summed E-state index contributed by atoms with van der Waals surface area (Å²) in [7, 11) is -2.99. The van der Waals surface area contributed by atoms with Crippen LogP contribution in [0.2, 0.25) is 0 Å². The van der Waals surface area contributed by atoms with Crippen molar-refractivity contribution in [2.75, 3.05) is 23.9 Å². The predicted molar refractivity (Wildman–Crippen MR) is 145 cm³/mol. The largest absolute Gasteiger partial charge is 0.464 e. The molecule has 0 bridgehead atoms. The quantitative estimate of drug-likeness (QED) is 0.233. The van der Waals surface area contributed by atoms with Gasteiger partial charge in [0, 0.05) is 41.5 Å². The van der Waals surface area contributed by atoms with E-state index in [4.69, 9.17) is 9.15 Å². The number of nitrogens with one attached hydrogen (secondary N) is 2. The Labute approximate surface area is 215 Å². The third kappa shape index (κ3) is 6.52. The van der Waals surface area contributed by atoms with E-state index in [1.54, 1.807) is 6.26 Å². The number of benzene rings is 3. The highest BCUT2D eigenvalue weighted by atomic mass is 32.2. The van der Waals surface area contributed by atoms with Gasteiger partial charge in [0.05, 0.1) is 17.5 Å². The van der Waals surface area contributed by atoms with E-state index >= 15 is 0 Å². The molecule has 0 amide bonds. The van der Waals surface area contributed by atoms with Crippen molar-refractivity contribution >= 4 is 32.2 Å². The van der Waals surface area contributed by atoms with Gasteiger partial charge in [-0.2, -0.15) is 0 Å². The molecule has 0 atom stereocenters. The summed E-state index contributed by atoms with van der Waals surface area (Å²) >= 11 is 0. The molecule has 0 unspecified atom stereocenters. The summed E-state index contributed by atoms with van der Waals surface area (Å²) in [5, 5.41) is 7.36. The van der Waals surface area contributed by atoms with E-state index in [9.17, 15) is 8.42 Å². The van der Waals surface area contributed by atoms with E-state index in [1.807, 2.05) is 78.9 Å². The fourth-order valence-corrected chi connectivity index (χ4v) is 4.30. The summed E-state index contributed by atoms with van der Waals surface area (Å²) in [6.45, 7) is 0.910. The van der Waals surface area contributed by atoms with Gasteiger partial charge in [0.2, 0.25) is 0 Å². The molecule has 0 radical (unpaired) electrons. The van der Waals surface area contributed by atoms with Gasteiger partial charge < -0.3 is 19.8 Å². The van der Waals surface area contributed by atoms with E-state index in [0.29, 0.717) is 24.7 Å². The minimum Gasteiger partial charge on any atom is -0.464 e. The predicted octanol–water partition coefficient (Wildman–Crippen LogP) is 5.56. The third-order valence-electron chi connectivity index (χ3n) is 5.65. The average Bonchev–Trinajstić information content (AvgIpc) is 3.37. The maximum atomic E-state index is 11.3. The van der Waals surface area contributed by atoms with Gasteiger partial charge in [0.15, 0.2) is 0 Å². The van der Waals surface area contributed by atoms with Crippen LogP contribution in [-0.4, -0.2) is 36.9 Å². The molecule has 5 rings (SSSR count). The first-order chi connectivity index (χ1) is 17.9. The third-order valence-corrected chi connectivity index (χ3v) is 6.59. The Balaban J connectivity index is 1.30. The lowest BCUT2D eigenvalue weighted by Crippen LogP contribution is -2.21. The first kappa shape index (κ1) is 24.5. The summed E-state index contributed by atoms with van der Waals surface area (Å²) in [4.78, 5) is 8.85. The van der Waals surface area contributed by atoms with Crippen LogP contribution < -0.4 is 15.4 Å². The van der Waals surface area contributed by atoms with Crippen molar-refractivity contribution in [2.45, 2.75) is 6.54 Å². The Kier molecular flexibility index (Phi) is 7.16. The Morgan fingerprint density at radius 1 is 0.919 bits per heavy atom. The maximum absolute atomic E-state index is 11.3. The van der Waals surface area contributed by atoms with E-state index in [2.05, 4.69) is 20.6 Å². The van der Waals surface area contributed by atoms with Crippen LogP contribution >= 0.6 is 0 Å². The van der Waals surface area contributed by atoms with Crippen LogP contribution in [0.3, 0.4) is 0 Å². The van der Waals surface area contributed by atoms with Gasteiger partial charge in [0.1, 0.15) is 39.2 Å². The second-order valence-corrected chi connectivity index (χ2v) is 10.9. The number of hydrogen-bond acceptors (Lipinski definition) is 8. The fraction of sp³-hybridized carbons (Fsp3) is 0.143. The Morgan fingerprint density at radius 3 is 2.49 bits per heavy atom. The van der Waals surface area contributed by atoms with Gasteiger partial charge in [-0.05, 0) is 60.7 Å². The molecule has 3 aromatic carbocycles. The minimum absolute atomic E-state index is 0.0982. The lowest BCUT2D eigenvalue weighted by atomic mass is 10.1. The number of fused-ring (bicyclic) bond motifs is 1. The van der Waals surface area contributed by atoms with Gasteiger partial charge in [-0.3, -0.25) is 0 Å². The molecular formula is C28H26N4O4S. The zero-order valence-corrected chi connectivity index (χ0v) is 21.0. The number of rotatable bonds is 10. The number of hydrogen-bond donors (Lipinski definition) is 2. The van der Waals surface area contributed by atoms with E-state index in [0.717, 1.165) is 39.2 Å². The van der Waals surface area contributed by atoms with Crippen molar-refractivity contribution < 1.29 is 17.6 Å². The highest BCUT2D eigenvalue weighted by molar-refractivity contribution is 7.90. The van der Waals surface area contributed by atoms with Gasteiger partial charge in [0.25, 0.3) is 0 Å². The van der Waals surface area contributed by atoms with Gasteiger partial charge in [-0.1, -0.05) is 18.2 Å². The topological polar surface area (TPSA) is 106 Å². The number of anilines is 2. The van der Waals surface area contributed by atoms with E-state index in [-0.39, 0.29) is 5.75 Å². The fourth-order valence-electron chi connectivity index (χ4n) is 3.79. The summed E-state index contributed by atoms with van der Waals surface area (Å²) in [5.41, 5.74) is 3.49. The van der Waals surface area contributed by atoms with Gasteiger partial charge >= 0.3 is 0 Å². The number of aromatic nitrogens is 2. The zero-order valence-electron chi connectivity index (χ0n) is 20.2. The Hall–Kier alpha value is -4.21. The monoisotopic (exact) mass is 514 g/mol. The molecule has 0 aliphatic rings. The van der Waals surface area contributed by atoms with Crippen molar-refractivity contribution in [2.24, 2.45) is 0 Å². The SMILES string of the molecule is CS(=O)(=O)CCNCc1coc(-c2ccc3ncnc(Nc4ccc(Oc5ccccc5)cc4)c3c2)c1. The molecule has 9 heteroatoms. The number of para-hydroxylation sites is 1. The summed E-state index contributed by atoms with van der Waals surface area (Å²) in [5.74, 6) is 3.01. The normalized spacial score (nSPS) is 11.5.